The van der Waals surface area contributed by atoms with Crippen molar-refractivity contribution in [3.63, 3.8) is 0 Å². The molecular weight excluding hydrogens is 380 g/mol. The van der Waals surface area contributed by atoms with Crippen molar-refractivity contribution < 1.29 is 14.3 Å². The Balaban J connectivity index is 1.63. The Labute approximate surface area is 176 Å². The van der Waals surface area contributed by atoms with Crippen LogP contribution in [0.5, 0.6) is 11.8 Å². The number of hydrogen-bond acceptors (Lipinski definition) is 5. The average Bonchev–Trinajstić information content (AvgIpc) is 3.20. The fraction of sp³-hybridized carbons (Fsp3) is 0.348. The highest BCUT2D eigenvalue weighted by molar-refractivity contribution is 5.96. The Morgan fingerprint density at radius 1 is 1.17 bits per heavy atom. The molecule has 1 atom stereocenters. The minimum absolute atomic E-state index is 0.105. The second kappa shape index (κ2) is 8.18. The summed E-state index contributed by atoms with van der Waals surface area (Å²) >= 11 is 0. The van der Waals surface area contributed by atoms with Crippen LogP contribution in [0, 0.1) is 13.8 Å². The first kappa shape index (κ1) is 19.9. The van der Waals surface area contributed by atoms with Crippen LogP contribution in [0.4, 0.5) is 0 Å². The van der Waals surface area contributed by atoms with Gasteiger partial charge in [-0.2, -0.15) is 10.1 Å². The molecule has 1 aliphatic rings. The third-order valence-electron chi connectivity index (χ3n) is 5.77. The molecule has 30 heavy (non-hydrogen) atoms. The minimum Gasteiger partial charge on any atom is -0.481 e. The van der Waals surface area contributed by atoms with Gasteiger partial charge in [0.2, 0.25) is 11.8 Å². The normalized spacial score (nSPS) is 15.4. The third-order valence-corrected chi connectivity index (χ3v) is 5.77. The molecule has 156 valence electrons. The standard InChI is InChI=1S/C23H26N4O3/c1-14-7-5-9-19(15(14)2)27-20-10-6-8-18(17(20)13-24-27)25-22(28)16-11-12-21(29-3)26-23(16)30-4/h5,7,9,11-13,18H,6,8,10H2,1-4H3,(H,25,28)/t18-/m1/s1. The second-order valence-electron chi connectivity index (χ2n) is 7.51. The van der Waals surface area contributed by atoms with E-state index in [0.717, 1.165) is 36.2 Å². The quantitative estimate of drug-likeness (QED) is 0.699. The lowest BCUT2D eigenvalue weighted by Crippen LogP contribution is -2.31. The number of aryl methyl sites for hydroxylation is 1. The van der Waals surface area contributed by atoms with Gasteiger partial charge in [-0.25, -0.2) is 4.68 Å². The molecule has 2 heterocycles. The molecule has 0 aliphatic heterocycles. The first-order valence-corrected chi connectivity index (χ1v) is 10.1. The van der Waals surface area contributed by atoms with Crippen molar-refractivity contribution in [2.24, 2.45) is 0 Å². The summed E-state index contributed by atoms with van der Waals surface area (Å²) in [6, 6.07) is 9.47. The number of fused-ring (bicyclic) bond motifs is 1. The summed E-state index contributed by atoms with van der Waals surface area (Å²) < 4.78 is 12.4. The Morgan fingerprint density at radius 2 is 2.00 bits per heavy atom. The van der Waals surface area contributed by atoms with E-state index in [1.807, 2.05) is 10.9 Å². The van der Waals surface area contributed by atoms with Crippen LogP contribution < -0.4 is 14.8 Å². The van der Waals surface area contributed by atoms with Crippen LogP contribution in [-0.2, 0) is 6.42 Å². The van der Waals surface area contributed by atoms with Crippen molar-refractivity contribution in [2.45, 2.75) is 39.2 Å². The van der Waals surface area contributed by atoms with E-state index in [4.69, 9.17) is 9.47 Å². The predicted molar refractivity (Wildman–Crippen MR) is 114 cm³/mol. The van der Waals surface area contributed by atoms with Crippen molar-refractivity contribution in [1.29, 1.82) is 0 Å². The fourth-order valence-corrected chi connectivity index (χ4v) is 3.98. The topological polar surface area (TPSA) is 78.3 Å². The smallest absolute Gasteiger partial charge is 0.257 e. The lowest BCUT2D eigenvalue weighted by Gasteiger charge is -2.25. The molecule has 0 unspecified atom stereocenters. The van der Waals surface area contributed by atoms with E-state index < -0.39 is 0 Å². The molecule has 1 aromatic carbocycles. The third kappa shape index (κ3) is 3.51. The van der Waals surface area contributed by atoms with E-state index in [-0.39, 0.29) is 17.8 Å². The number of rotatable bonds is 5. The molecule has 7 heteroatoms. The van der Waals surface area contributed by atoms with E-state index in [1.54, 1.807) is 12.1 Å². The number of amides is 1. The summed E-state index contributed by atoms with van der Waals surface area (Å²) in [5.74, 6) is 0.423. The Hall–Kier alpha value is -3.35. The van der Waals surface area contributed by atoms with Crippen LogP contribution in [0.3, 0.4) is 0 Å². The molecule has 0 radical (unpaired) electrons. The van der Waals surface area contributed by atoms with Gasteiger partial charge in [0.25, 0.3) is 5.91 Å². The van der Waals surface area contributed by atoms with Gasteiger partial charge in [0.1, 0.15) is 5.56 Å². The SMILES string of the molecule is COc1ccc(C(=O)N[C@@H]2CCCc3c2cnn3-c2cccc(C)c2C)c(OC)n1. The maximum absolute atomic E-state index is 13.0. The van der Waals surface area contributed by atoms with Gasteiger partial charge >= 0.3 is 0 Å². The zero-order chi connectivity index (χ0) is 21.3. The van der Waals surface area contributed by atoms with Crippen molar-refractivity contribution >= 4 is 5.91 Å². The monoisotopic (exact) mass is 406 g/mol. The summed E-state index contributed by atoms with van der Waals surface area (Å²) in [7, 11) is 3.02. The van der Waals surface area contributed by atoms with Crippen LogP contribution in [0.25, 0.3) is 5.69 Å². The van der Waals surface area contributed by atoms with Crippen molar-refractivity contribution in [3.05, 3.63) is 64.5 Å². The molecule has 1 aliphatic carbocycles. The largest absolute Gasteiger partial charge is 0.481 e. The molecule has 7 nitrogen and oxygen atoms in total. The first-order chi connectivity index (χ1) is 14.5. The van der Waals surface area contributed by atoms with Gasteiger partial charge in [0, 0.05) is 17.3 Å². The number of carbonyl (C=O) groups excluding carboxylic acids is 1. The molecule has 0 saturated heterocycles. The number of aromatic nitrogens is 3. The van der Waals surface area contributed by atoms with Crippen LogP contribution in [0.2, 0.25) is 0 Å². The number of nitrogens with zero attached hydrogens (tertiary/aromatic N) is 3. The molecule has 0 saturated carbocycles. The van der Waals surface area contributed by atoms with Crippen molar-refractivity contribution in [1.82, 2.24) is 20.1 Å². The number of ether oxygens (including phenoxy) is 2. The van der Waals surface area contributed by atoms with Crippen LogP contribution >= 0.6 is 0 Å². The highest BCUT2D eigenvalue weighted by Crippen LogP contribution is 2.32. The minimum atomic E-state index is -0.223. The number of methoxy groups -OCH3 is 2. The zero-order valence-electron chi connectivity index (χ0n) is 17.7. The lowest BCUT2D eigenvalue weighted by atomic mass is 9.92. The zero-order valence-corrected chi connectivity index (χ0v) is 17.7. The predicted octanol–water partition coefficient (Wildman–Crippen LogP) is 3.71. The molecule has 2 aromatic heterocycles. The first-order valence-electron chi connectivity index (χ1n) is 10.1. The average molecular weight is 406 g/mol. The van der Waals surface area contributed by atoms with Gasteiger partial charge in [-0.3, -0.25) is 4.79 Å². The van der Waals surface area contributed by atoms with E-state index in [1.165, 1.54) is 25.3 Å². The highest BCUT2D eigenvalue weighted by Gasteiger charge is 2.28. The lowest BCUT2D eigenvalue weighted by molar-refractivity contribution is 0.0928. The molecule has 0 spiro atoms. The summed E-state index contributed by atoms with van der Waals surface area (Å²) in [4.78, 5) is 17.2. The highest BCUT2D eigenvalue weighted by atomic mass is 16.5. The maximum atomic E-state index is 13.0. The molecule has 3 aromatic rings. The Bertz CT molecular complexity index is 1090. The van der Waals surface area contributed by atoms with Gasteiger partial charge in [-0.15, -0.1) is 0 Å². The Kier molecular flexibility index (Phi) is 5.44. The summed E-state index contributed by atoms with van der Waals surface area (Å²) in [5.41, 5.74) is 6.13. The summed E-state index contributed by atoms with van der Waals surface area (Å²) in [5, 5.41) is 7.81. The Morgan fingerprint density at radius 3 is 2.77 bits per heavy atom. The van der Waals surface area contributed by atoms with Crippen LogP contribution in [-0.4, -0.2) is 34.9 Å². The molecule has 0 fully saturated rings. The number of benzene rings is 1. The van der Waals surface area contributed by atoms with Crippen LogP contribution in [0.15, 0.2) is 36.5 Å². The maximum Gasteiger partial charge on any atom is 0.257 e. The number of carbonyl (C=O) groups is 1. The fourth-order valence-electron chi connectivity index (χ4n) is 3.98. The number of hydrogen-bond donors (Lipinski definition) is 1. The van der Waals surface area contributed by atoms with Gasteiger partial charge in [-0.05, 0) is 56.4 Å². The molecule has 4 rings (SSSR count). The van der Waals surface area contributed by atoms with E-state index in [9.17, 15) is 4.79 Å². The van der Waals surface area contributed by atoms with E-state index in [0.29, 0.717) is 11.4 Å². The van der Waals surface area contributed by atoms with E-state index in [2.05, 4.69) is 47.4 Å². The van der Waals surface area contributed by atoms with Crippen molar-refractivity contribution in [3.8, 4) is 17.4 Å². The number of pyridine rings is 1. The van der Waals surface area contributed by atoms with Gasteiger partial charge in [0.05, 0.1) is 32.1 Å². The van der Waals surface area contributed by atoms with Gasteiger partial charge in [-0.1, -0.05) is 12.1 Å². The van der Waals surface area contributed by atoms with Gasteiger partial charge < -0.3 is 14.8 Å². The summed E-state index contributed by atoms with van der Waals surface area (Å²) in [6.45, 7) is 4.22. The molecule has 1 amide bonds. The van der Waals surface area contributed by atoms with Crippen LogP contribution in [0.1, 0.15) is 51.6 Å². The van der Waals surface area contributed by atoms with E-state index >= 15 is 0 Å². The molecule has 1 N–H and O–H groups in total. The molecular formula is C23H26N4O3. The summed E-state index contributed by atoms with van der Waals surface area (Å²) in [6.07, 6.45) is 4.66. The number of nitrogens with one attached hydrogen (secondary N) is 1. The second-order valence-corrected chi connectivity index (χ2v) is 7.51. The molecule has 0 bridgehead atoms. The van der Waals surface area contributed by atoms with Gasteiger partial charge in [0.15, 0.2) is 0 Å². The van der Waals surface area contributed by atoms with Crippen molar-refractivity contribution in [2.75, 3.05) is 14.2 Å².